The summed E-state index contributed by atoms with van der Waals surface area (Å²) in [5.41, 5.74) is 0.570. The number of rotatable bonds is 7. The smallest absolute Gasteiger partial charge is 0.273 e. The topological polar surface area (TPSA) is 92.6 Å². The zero-order chi connectivity index (χ0) is 14.5. The number of sulfonamides is 1. The molecule has 0 saturated carbocycles. The highest BCUT2D eigenvalue weighted by atomic mass is 32.2. The third kappa shape index (κ3) is 4.58. The van der Waals surface area contributed by atoms with Crippen LogP contribution in [0.1, 0.15) is 5.56 Å². The molecule has 0 radical (unpaired) electrons. The van der Waals surface area contributed by atoms with Crippen LogP contribution >= 0.6 is 0 Å². The molecule has 0 heterocycles. The number of nitrogens with zero attached hydrogens (tertiary/aromatic N) is 2. The average Bonchev–Trinajstić information content (AvgIpc) is 2.34. The molecule has 0 aromatic heterocycles. The zero-order valence-electron chi connectivity index (χ0n) is 10.9. The van der Waals surface area contributed by atoms with Crippen molar-refractivity contribution in [2.45, 2.75) is 6.54 Å². The molecule has 0 aliphatic heterocycles. The zero-order valence-corrected chi connectivity index (χ0v) is 11.7. The van der Waals surface area contributed by atoms with E-state index in [0.717, 1.165) is 4.31 Å². The van der Waals surface area contributed by atoms with Crippen LogP contribution in [0.25, 0.3) is 0 Å². The van der Waals surface area contributed by atoms with E-state index in [9.17, 15) is 18.5 Å². The van der Waals surface area contributed by atoms with Crippen LogP contribution in [0.15, 0.2) is 24.3 Å². The van der Waals surface area contributed by atoms with Crippen LogP contribution in [-0.2, 0) is 16.6 Å². The number of nitro benzene ring substituents is 1. The van der Waals surface area contributed by atoms with Crippen molar-refractivity contribution in [1.29, 1.82) is 0 Å². The van der Waals surface area contributed by atoms with Gasteiger partial charge in [0, 0.05) is 38.8 Å². The Kier molecular flexibility index (Phi) is 5.40. The maximum absolute atomic E-state index is 11.5. The van der Waals surface area contributed by atoms with Crippen LogP contribution < -0.4 is 5.32 Å². The fourth-order valence-electron chi connectivity index (χ4n) is 1.45. The molecule has 0 aliphatic rings. The summed E-state index contributed by atoms with van der Waals surface area (Å²) in [6, 6.07) is 6.37. The predicted molar refractivity (Wildman–Crippen MR) is 72.3 cm³/mol. The maximum atomic E-state index is 11.5. The van der Waals surface area contributed by atoms with Crippen molar-refractivity contribution in [1.82, 2.24) is 9.62 Å². The Hall–Kier alpha value is -1.51. The molecule has 1 rings (SSSR count). The van der Waals surface area contributed by atoms with Gasteiger partial charge in [0.25, 0.3) is 5.69 Å². The molecule has 1 N–H and O–H groups in total. The first kappa shape index (κ1) is 15.5. The first-order valence-corrected chi connectivity index (χ1v) is 7.28. The van der Waals surface area contributed by atoms with E-state index in [1.54, 1.807) is 18.2 Å². The molecule has 19 heavy (non-hydrogen) atoms. The van der Waals surface area contributed by atoms with Crippen molar-refractivity contribution in [2.75, 3.05) is 26.4 Å². The Morgan fingerprint density at radius 3 is 2.53 bits per heavy atom. The number of benzene rings is 1. The van der Waals surface area contributed by atoms with Gasteiger partial charge < -0.3 is 5.32 Å². The SMILES string of the molecule is CN(C)S(=O)(=O)CCNCc1ccccc1[N+](=O)[O-]. The van der Waals surface area contributed by atoms with E-state index < -0.39 is 14.9 Å². The lowest BCUT2D eigenvalue weighted by atomic mass is 10.2. The minimum atomic E-state index is -3.24. The lowest BCUT2D eigenvalue weighted by Gasteiger charge is -2.11. The summed E-state index contributed by atoms with van der Waals surface area (Å²) in [7, 11) is -0.303. The standard InChI is InChI=1S/C11H17N3O4S/c1-13(2)19(17,18)8-7-12-9-10-5-3-4-6-11(10)14(15)16/h3-6,12H,7-9H2,1-2H3. The second-order valence-electron chi connectivity index (χ2n) is 4.16. The second-order valence-corrected chi connectivity index (χ2v) is 6.46. The molecular formula is C11H17N3O4S. The molecule has 1 aromatic rings. The van der Waals surface area contributed by atoms with E-state index >= 15 is 0 Å². The minimum absolute atomic E-state index is 0.0328. The number of para-hydroxylation sites is 1. The van der Waals surface area contributed by atoms with E-state index in [1.807, 2.05) is 0 Å². The maximum Gasteiger partial charge on any atom is 0.273 e. The number of hydrogen-bond donors (Lipinski definition) is 1. The molecule has 106 valence electrons. The van der Waals surface area contributed by atoms with Gasteiger partial charge in [0.2, 0.25) is 10.0 Å². The van der Waals surface area contributed by atoms with Crippen molar-refractivity contribution in [3.8, 4) is 0 Å². The van der Waals surface area contributed by atoms with Crippen LogP contribution in [0, 0.1) is 10.1 Å². The molecular weight excluding hydrogens is 270 g/mol. The summed E-state index contributed by atoms with van der Waals surface area (Å²) >= 11 is 0. The third-order valence-corrected chi connectivity index (χ3v) is 4.43. The van der Waals surface area contributed by atoms with Crippen molar-refractivity contribution < 1.29 is 13.3 Å². The van der Waals surface area contributed by atoms with Gasteiger partial charge in [0.05, 0.1) is 10.7 Å². The molecule has 0 atom stereocenters. The van der Waals surface area contributed by atoms with Gasteiger partial charge in [-0.15, -0.1) is 0 Å². The summed E-state index contributed by atoms with van der Waals surface area (Å²) in [5.74, 6) is -0.0410. The van der Waals surface area contributed by atoms with Gasteiger partial charge >= 0.3 is 0 Å². The highest BCUT2D eigenvalue weighted by Gasteiger charge is 2.14. The largest absolute Gasteiger partial charge is 0.311 e. The monoisotopic (exact) mass is 287 g/mol. The van der Waals surface area contributed by atoms with Gasteiger partial charge in [-0.25, -0.2) is 12.7 Å². The van der Waals surface area contributed by atoms with Gasteiger partial charge in [0.1, 0.15) is 0 Å². The van der Waals surface area contributed by atoms with E-state index in [0.29, 0.717) is 5.56 Å². The molecule has 0 bridgehead atoms. The second kappa shape index (κ2) is 6.60. The average molecular weight is 287 g/mol. The Morgan fingerprint density at radius 1 is 1.32 bits per heavy atom. The fraction of sp³-hybridized carbons (Fsp3) is 0.455. The number of nitro groups is 1. The Balaban J connectivity index is 2.53. The summed E-state index contributed by atoms with van der Waals surface area (Å²) < 4.78 is 24.1. The first-order chi connectivity index (χ1) is 8.84. The van der Waals surface area contributed by atoms with Crippen molar-refractivity contribution in [3.63, 3.8) is 0 Å². The Bertz CT molecular complexity index is 543. The quantitative estimate of drug-likeness (QED) is 0.450. The van der Waals surface area contributed by atoms with Crippen LogP contribution in [-0.4, -0.2) is 44.0 Å². The summed E-state index contributed by atoms with van der Waals surface area (Å²) in [6.07, 6.45) is 0. The minimum Gasteiger partial charge on any atom is -0.311 e. The lowest BCUT2D eigenvalue weighted by molar-refractivity contribution is -0.385. The van der Waals surface area contributed by atoms with E-state index in [1.165, 1.54) is 20.2 Å². The fourth-order valence-corrected chi connectivity index (χ4v) is 2.21. The summed E-state index contributed by atoms with van der Waals surface area (Å²) in [4.78, 5) is 10.3. The highest BCUT2D eigenvalue weighted by Crippen LogP contribution is 2.16. The van der Waals surface area contributed by atoms with Gasteiger partial charge in [-0.3, -0.25) is 10.1 Å². The predicted octanol–water partition coefficient (Wildman–Crippen LogP) is 0.576. The molecule has 0 amide bonds. The Morgan fingerprint density at radius 2 is 1.95 bits per heavy atom. The molecule has 0 spiro atoms. The van der Waals surface area contributed by atoms with E-state index in [-0.39, 0.29) is 24.5 Å². The molecule has 0 unspecified atom stereocenters. The Labute approximate surface area is 112 Å². The summed E-state index contributed by atoms with van der Waals surface area (Å²) in [6.45, 7) is 0.507. The van der Waals surface area contributed by atoms with Crippen LogP contribution in [0.2, 0.25) is 0 Å². The molecule has 8 heteroatoms. The molecule has 0 aliphatic carbocycles. The highest BCUT2D eigenvalue weighted by molar-refractivity contribution is 7.89. The van der Waals surface area contributed by atoms with Gasteiger partial charge in [-0.2, -0.15) is 0 Å². The van der Waals surface area contributed by atoms with Crippen LogP contribution in [0.4, 0.5) is 5.69 Å². The molecule has 7 nitrogen and oxygen atoms in total. The van der Waals surface area contributed by atoms with Crippen LogP contribution in [0.3, 0.4) is 0 Å². The number of nitrogens with one attached hydrogen (secondary N) is 1. The van der Waals surface area contributed by atoms with Crippen molar-refractivity contribution >= 4 is 15.7 Å². The first-order valence-electron chi connectivity index (χ1n) is 5.68. The van der Waals surface area contributed by atoms with E-state index in [4.69, 9.17) is 0 Å². The van der Waals surface area contributed by atoms with Gasteiger partial charge in [-0.1, -0.05) is 18.2 Å². The van der Waals surface area contributed by atoms with Gasteiger partial charge in [-0.05, 0) is 0 Å². The van der Waals surface area contributed by atoms with Crippen molar-refractivity contribution in [2.24, 2.45) is 0 Å². The summed E-state index contributed by atoms with van der Waals surface area (Å²) in [5, 5.41) is 13.7. The number of hydrogen-bond acceptors (Lipinski definition) is 5. The normalized spacial score (nSPS) is 11.7. The molecule has 0 fully saturated rings. The molecule has 1 aromatic carbocycles. The van der Waals surface area contributed by atoms with E-state index in [2.05, 4.69) is 5.32 Å². The van der Waals surface area contributed by atoms with Crippen LogP contribution in [0.5, 0.6) is 0 Å². The van der Waals surface area contributed by atoms with Gasteiger partial charge in [0.15, 0.2) is 0 Å². The molecule has 0 saturated heterocycles. The third-order valence-electron chi connectivity index (χ3n) is 2.60. The van der Waals surface area contributed by atoms with Crippen molar-refractivity contribution in [3.05, 3.63) is 39.9 Å². The lowest BCUT2D eigenvalue weighted by Crippen LogP contribution is -2.31.